The first-order valence-electron chi connectivity index (χ1n) is 6.50. The average molecular weight is 346 g/mol. The lowest BCUT2D eigenvalue weighted by molar-refractivity contribution is 0.407. The second-order valence-corrected chi connectivity index (χ2v) is 6.11. The van der Waals surface area contributed by atoms with E-state index in [4.69, 9.17) is 32.7 Å². The summed E-state index contributed by atoms with van der Waals surface area (Å²) in [5.74, 6) is 1.41. The number of ether oxygens (including phenoxy) is 2. The van der Waals surface area contributed by atoms with Crippen LogP contribution in [0.25, 0.3) is 0 Å². The van der Waals surface area contributed by atoms with Gasteiger partial charge in [0.15, 0.2) is 0 Å². The van der Waals surface area contributed by atoms with E-state index < -0.39 is 0 Å². The van der Waals surface area contributed by atoms with Crippen molar-refractivity contribution in [1.82, 2.24) is 5.32 Å². The largest absolute Gasteiger partial charge is 0.496 e. The summed E-state index contributed by atoms with van der Waals surface area (Å²) in [6, 6.07) is 5.46. The molecule has 1 atom stereocenters. The van der Waals surface area contributed by atoms with E-state index in [2.05, 4.69) is 5.32 Å². The molecule has 0 radical (unpaired) electrons. The van der Waals surface area contributed by atoms with Gasteiger partial charge in [-0.1, -0.05) is 30.1 Å². The maximum Gasteiger partial charge on any atom is 0.138 e. The Labute approximate surface area is 138 Å². The third-order valence-electron chi connectivity index (χ3n) is 3.13. The van der Waals surface area contributed by atoms with Crippen molar-refractivity contribution in [3.63, 3.8) is 0 Å². The van der Waals surface area contributed by atoms with Crippen molar-refractivity contribution < 1.29 is 9.47 Å². The van der Waals surface area contributed by atoms with Crippen LogP contribution in [0.4, 0.5) is 0 Å². The fraction of sp³-hybridized carbons (Fsp3) is 0.333. The first-order valence-corrected chi connectivity index (χ1v) is 8.13. The molecule has 6 heteroatoms. The molecule has 21 heavy (non-hydrogen) atoms. The lowest BCUT2D eigenvalue weighted by Crippen LogP contribution is -2.22. The van der Waals surface area contributed by atoms with Gasteiger partial charge in [0.1, 0.15) is 11.5 Å². The molecule has 1 N–H and O–H groups in total. The van der Waals surface area contributed by atoms with Crippen molar-refractivity contribution in [3.05, 3.63) is 44.1 Å². The summed E-state index contributed by atoms with van der Waals surface area (Å²) in [6.07, 6.45) is 0. The summed E-state index contributed by atoms with van der Waals surface area (Å²) in [5, 5.41) is 6.57. The molecule has 1 heterocycles. The standard InChI is InChI=1S/C15H17Cl2NO2S/c1-4-18-14(15-12(19-2)5-6-21-15)9-7-11(17)13(20-3)8-10(9)16/h5-8,14,18H,4H2,1-3H3. The van der Waals surface area contributed by atoms with Crippen molar-refractivity contribution >= 4 is 34.5 Å². The van der Waals surface area contributed by atoms with Crippen LogP contribution < -0.4 is 14.8 Å². The van der Waals surface area contributed by atoms with Crippen molar-refractivity contribution in [2.45, 2.75) is 13.0 Å². The van der Waals surface area contributed by atoms with Crippen LogP contribution in [0.1, 0.15) is 23.4 Å². The molecule has 0 spiro atoms. The minimum absolute atomic E-state index is 0.0687. The van der Waals surface area contributed by atoms with Gasteiger partial charge in [-0.15, -0.1) is 11.3 Å². The van der Waals surface area contributed by atoms with Crippen LogP contribution in [0.2, 0.25) is 10.0 Å². The maximum absolute atomic E-state index is 6.41. The molecule has 2 aromatic rings. The summed E-state index contributed by atoms with van der Waals surface area (Å²) in [6.45, 7) is 2.85. The average Bonchev–Trinajstić information content (AvgIpc) is 2.95. The molecule has 0 amide bonds. The Balaban J connectivity index is 2.50. The SMILES string of the molecule is CCNC(c1cc(Cl)c(OC)cc1Cl)c1sccc1OC. The Morgan fingerprint density at radius 1 is 1.14 bits per heavy atom. The van der Waals surface area contributed by atoms with Crippen molar-refractivity contribution in [2.75, 3.05) is 20.8 Å². The minimum Gasteiger partial charge on any atom is -0.496 e. The molecular weight excluding hydrogens is 329 g/mol. The number of nitrogens with one attached hydrogen (secondary N) is 1. The fourth-order valence-electron chi connectivity index (χ4n) is 2.16. The molecule has 114 valence electrons. The van der Waals surface area contributed by atoms with E-state index in [0.717, 1.165) is 22.7 Å². The summed E-state index contributed by atoms with van der Waals surface area (Å²) in [7, 11) is 3.23. The molecule has 3 nitrogen and oxygen atoms in total. The van der Waals surface area contributed by atoms with Gasteiger partial charge < -0.3 is 14.8 Å². The molecule has 0 aliphatic rings. The molecule has 0 fully saturated rings. The van der Waals surface area contributed by atoms with E-state index in [1.165, 1.54) is 0 Å². The van der Waals surface area contributed by atoms with Crippen LogP contribution in [-0.4, -0.2) is 20.8 Å². The van der Waals surface area contributed by atoms with Crippen LogP contribution in [-0.2, 0) is 0 Å². The molecular formula is C15H17Cl2NO2S. The highest BCUT2D eigenvalue weighted by molar-refractivity contribution is 7.10. The highest BCUT2D eigenvalue weighted by atomic mass is 35.5. The van der Waals surface area contributed by atoms with E-state index in [-0.39, 0.29) is 6.04 Å². The molecule has 0 saturated heterocycles. The smallest absolute Gasteiger partial charge is 0.138 e. The number of thiophene rings is 1. The Morgan fingerprint density at radius 3 is 2.48 bits per heavy atom. The van der Waals surface area contributed by atoms with Crippen LogP contribution in [0.15, 0.2) is 23.6 Å². The first-order chi connectivity index (χ1) is 10.1. The van der Waals surface area contributed by atoms with Crippen LogP contribution >= 0.6 is 34.5 Å². The lowest BCUT2D eigenvalue weighted by atomic mass is 10.0. The highest BCUT2D eigenvalue weighted by Gasteiger charge is 2.22. The van der Waals surface area contributed by atoms with Crippen LogP contribution in [0, 0.1) is 0 Å². The lowest BCUT2D eigenvalue weighted by Gasteiger charge is -2.20. The Hall–Kier alpha value is -0.940. The molecule has 0 bridgehead atoms. The molecule has 0 saturated carbocycles. The van der Waals surface area contributed by atoms with Crippen molar-refractivity contribution in [3.8, 4) is 11.5 Å². The maximum atomic E-state index is 6.41. The van der Waals surface area contributed by atoms with Gasteiger partial charge >= 0.3 is 0 Å². The van der Waals surface area contributed by atoms with Gasteiger partial charge in [0.25, 0.3) is 0 Å². The third-order valence-corrected chi connectivity index (χ3v) is 4.72. The summed E-state index contributed by atoms with van der Waals surface area (Å²) < 4.78 is 10.6. The van der Waals surface area contributed by atoms with Crippen LogP contribution in [0.5, 0.6) is 11.5 Å². The van der Waals surface area contributed by atoms with Gasteiger partial charge in [0.2, 0.25) is 0 Å². The van der Waals surface area contributed by atoms with E-state index in [9.17, 15) is 0 Å². The minimum atomic E-state index is -0.0687. The van der Waals surface area contributed by atoms with Gasteiger partial charge in [0.05, 0.1) is 30.2 Å². The predicted octanol–water partition coefficient (Wildman–Crippen LogP) is 4.77. The normalized spacial score (nSPS) is 12.2. The zero-order valence-corrected chi connectivity index (χ0v) is 14.4. The molecule has 2 rings (SSSR count). The number of hydrogen-bond acceptors (Lipinski definition) is 4. The van der Waals surface area contributed by atoms with Gasteiger partial charge in [0, 0.05) is 11.1 Å². The summed E-state index contributed by atoms with van der Waals surface area (Å²) in [5.41, 5.74) is 0.907. The fourth-order valence-corrected chi connectivity index (χ4v) is 3.62. The quantitative estimate of drug-likeness (QED) is 0.817. The Kier molecular flexibility index (Phi) is 5.76. The zero-order chi connectivity index (χ0) is 15.4. The van der Waals surface area contributed by atoms with E-state index in [0.29, 0.717) is 15.8 Å². The van der Waals surface area contributed by atoms with Gasteiger partial charge in [-0.3, -0.25) is 0 Å². The third kappa shape index (κ3) is 3.46. The number of rotatable bonds is 6. The topological polar surface area (TPSA) is 30.5 Å². The summed E-state index contributed by atoms with van der Waals surface area (Å²) in [4.78, 5) is 1.07. The Morgan fingerprint density at radius 2 is 1.86 bits per heavy atom. The van der Waals surface area contributed by atoms with E-state index in [1.807, 2.05) is 24.4 Å². The number of hydrogen-bond donors (Lipinski definition) is 1. The van der Waals surface area contributed by atoms with Gasteiger partial charge in [-0.25, -0.2) is 0 Å². The second-order valence-electron chi connectivity index (χ2n) is 4.35. The van der Waals surface area contributed by atoms with Crippen molar-refractivity contribution in [1.29, 1.82) is 0 Å². The summed E-state index contributed by atoms with van der Waals surface area (Å²) >= 11 is 14.3. The van der Waals surface area contributed by atoms with Crippen molar-refractivity contribution in [2.24, 2.45) is 0 Å². The number of methoxy groups -OCH3 is 2. The van der Waals surface area contributed by atoms with Crippen LogP contribution in [0.3, 0.4) is 0 Å². The molecule has 0 aliphatic carbocycles. The first kappa shape index (κ1) is 16.4. The molecule has 0 aliphatic heterocycles. The Bertz CT molecular complexity index is 616. The molecule has 1 unspecified atom stereocenters. The molecule has 1 aromatic carbocycles. The molecule has 1 aromatic heterocycles. The zero-order valence-electron chi connectivity index (χ0n) is 12.1. The second kappa shape index (κ2) is 7.36. The van der Waals surface area contributed by atoms with Gasteiger partial charge in [-0.05, 0) is 29.6 Å². The van der Waals surface area contributed by atoms with Gasteiger partial charge in [-0.2, -0.15) is 0 Å². The predicted molar refractivity (Wildman–Crippen MR) is 89.4 cm³/mol. The number of benzene rings is 1. The van der Waals surface area contributed by atoms with E-state index >= 15 is 0 Å². The number of halogens is 2. The highest BCUT2D eigenvalue weighted by Crippen LogP contribution is 2.40. The van der Waals surface area contributed by atoms with E-state index in [1.54, 1.807) is 31.6 Å². The monoisotopic (exact) mass is 345 g/mol.